The van der Waals surface area contributed by atoms with Crippen molar-refractivity contribution in [2.24, 2.45) is 0 Å². The first-order chi connectivity index (χ1) is 5.68. The van der Waals surface area contributed by atoms with Gasteiger partial charge >= 0.3 is 0 Å². The lowest BCUT2D eigenvalue weighted by Crippen LogP contribution is -2.30. The smallest absolute Gasteiger partial charge is 0.160 e. The summed E-state index contributed by atoms with van der Waals surface area (Å²) in [4.78, 5) is 2.25. The van der Waals surface area contributed by atoms with Crippen LogP contribution in [-0.4, -0.2) is 28.3 Å². The van der Waals surface area contributed by atoms with Crippen molar-refractivity contribution in [3.05, 3.63) is 10.2 Å². The molecule has 0 aliphatic carbocycles. The number of likely N-dealkylation sites (N-methyl/N-ethyl adjacent to an activating group) is 1. The Balaban J connectivity index is 0.000000845. The fourth-order valence-corrected chi connectivity index (χ4v) is 1.84. The minimum atomic E-state index is 0. The number of aromatic nitrogens is 2. The molecule has 1 aliphatic heterocycles. The molecule has 1 aliphatic rings. The van der Waals surface area contributed by atoms with Gasteiger partial charge in [0.2, 0.25) is 0 Å². The molecule has 0 fully saturated rings. The van der Waals surface area contributed by atoms with E-state index in [1.165, 1.54) is 5.69 Å². The van der Waals surface area contributed by atoms with E-state index in [-0.39, 0.29) is 24.8 Å². The molecule has 0 saturated heterocycles. The number of nitrogen functional groups attached to an aromatic ring is 1. The fraction of sp³-hybridized carbons (Fsp3) is 0.571. The average molecular weight is 304 g/mol. The highest BCUT2D eigenvalue weighted by atomic mass is 79.9. The zero-order chi connectivity index (χ0) is 8.72. The predicted molar refractivity (Wildman–Crippen MR) is 65.2 cm³/mol. The van der Waals surface area contributed by atoms with Gasteiger partial charge in [0.15, 0.2) is 5.82 Å². The Morgan fingerprint density at radius 1 is 1.36 bits per heavy atom. The highest BCUT2D eigenvalue weighted by Crippen LogP contribution is 2.26. The quantitative estimate of drug-likeness (QED) is 0.790. The summed E-state index contributed by atoms with van der Waals surface area (Å²) in [5, 5.41) is 4.21. The predicted octanol–water partition coefficient (Wildman–Crippen LogP) is 1.52. The van der Waals surface area contributed by atoms with Crippen molar-refractivity contribution in [3.8, 4) is 0 Å². The van der Waals surface area contributed by atoms with Crippen molar-refractivity contribution in [2.75, 3.05) is 19.3 Å². The van der Waals surface area contributed by atoms with Crippen LogP contribution in [0.4, 0.5) is 5.82 Å². The fourth-order valence-electron chi connectivity index (χ4n) is 1.43. The van der Waals surface area contributed by atoms with Gasteiger partial charge in [0.25, 0.3) is 0 Å². The summed E-state index contributed by atoms with van der Waals surface area (Å²) in [6.07, 6.45) is 0. The Morgan fingerprint density at radius 3 is 2.64 bits per heavy atom. The highest BCUT2D eigenvalue weighted by Gasteiger charge is 2.19. The summed E-state index contributed by atoms with van der Waals surface area (Å²) in [5.74, 6) is 0.598. The number of nitrogens with zero attached hydrogens (tertiary/aromatic N) is 3. The standard InChI is InChI=1S/C7H11BrN4.2ClH/c1-11-2-3-12-5(4-11)6(8)7(9)10-12;;/h2-4H2,1H3,(H2,9,10);2*1H. The third kappa shape index (κ3) is 2.34. The number of hydrogen-bond acceptors (Lipinski definition) is 3. The number of nitrogens with two attached hydrogens (primary N) is 1. The monoisotopic (exact) mass is 302 g/mol. The van der Waals surface area contributed by atoms with Gasteiger partial charge in [0, 0.05) is 13.1 Å². The topological polar surface area (TPSA) is 47.1 Å². The Hall–Kier alpha value is 0.0300. The van der Waals surface area contributed by atoms with Crippen LogP contribution in [0.1, 0.15) is 5.69 Å². The molecule has 0 saturated carbocycles. The number of halogens is 3. The Kier molecular flexibility index (Phi) is 5.22. The van der Waals surface area contributed by atoms with Gasteiger partial charge in [-0.05, 0) is 23.0 Å². The van der Waals surface area contributed by atoms with Crippen LogP contribution in [0.2, 0.25) is 0 Å². The largest absolute Gasteiger partial charge is 0.381 e. The molecule has 0 amide bonds. The zero-order valence-electron chi connectivity index (χ0n) is 7.73. The van der Waals surface area contributed by atoms with Gasteiger partial charge < -0.3 is 5.73 Å². The third-order valence-electron chi connectivity index (χ3n) is 2.13. The second-order valence-corrected chi connectivity index (χ2v) is 3.90. The Morgan fingerprint density at radius 2 is 2.00 bits per heavy atom. The zero-order valence-corrected chi connectivity index (χ0v) is 11.0. The van der Waals surface area contributed by atoms with Crippen LogP contribution < -0.4 is 5.73 Å². The minimum Gasteiger partial charge on any atom is -0.381 e. The van der Waals surface area contributed by atoms with E-state index in [0.29, 0.717) is 5.82 Å². The summed E-state index contributed by atoms with van der Waals surface area (Å²) in [7, 11) is 2.10. The van der Waals surface area contributed by atoms with Crippen molar-refractivity contribution < 1.29 is 0 Å². The second kappa shape index (κ2) is 5.21. The maximum absolute atomic E-state index is 5.67. The first-order valence-corrected chi connectivity index (χ1v) is 4.67. The van der Waals surface area contributed by atoms with E-state index in [4.69, 9.17) is 5.73 Å². The Labute approximate surface area is 104 Å². The molecule has 0 radical (unpaired) electrons. The van der Waals surface area contributed by atoms with Crippen molar-refractivity contribution in [2.45, 2.75) is 13.1 Å². The van der Waals surface area contributed by atoms with Gasteiger partial charge in [0.05, 0.1) is 16.7 Å². The van der Waals surface area contributed by atoms with E-state index in [1.54, 1.807) is 0 Å². The molecule has 0 spiro atoms. The molecule has 0 bridgehead atoms. The van der Waals surface area contributed by atoms with Gasteiger partial charge in [0.1, 0.15) is 0 Å². The summed E-state index contributed by atoms with van der Waals surface area (Å²) < 4.78 is 2.92. The van der Waals surface area contributed by atoms with E-state index in [9.17, 15) is 0 Å². The first-order valence-electron chi connectivity index (χ1n) is 3.87. The van der Waals surface area contributed by atoms with E-state index in [0.717, 1.165) is 24.1 Å². The molecule has 82 valence electrons. The van der Waals surface area contributed by atoms with E-state index in [2.05, 4.69) is 33.0 Å². The lowest BCUT2D eigenvalue weighted by molar-refractivity contribution is 0.258. The molecule has 2 heterocycles. The number of fused-ring (bicyclic) bond motifs is 1. The highest BCUT2D eigenvalue weighted by molar-refractivity contribution is 9.10. The SMILES string of the molecule is CN1CCn2nc(N)c(Br)c2C1.Cl.Cl. The van der Waals surface area contributed by atoms with Gasteiger partial charge in [-0.2, -0.15) is 5.10 Å². The third-order valence-corrected chi connectivity index (χ3v) is 3.00. The van der Waals surface area contributed by atoms with E-state index in [1.807, 2.05) is 4.68 Å². The molecule has 2 rings (SSSR count). The molecule has 0 unspecified atom stereocenters. The van der Waals surface area contributed by atoms with Gasteiger partial charge in [-0.25, -0.2) is 0 Å². The van der Waals surface area contributed by atoms with Gasteiger partial charge in [-0.3, -0.25) is 9.58 Å². The summed E-state index contributed by atoms with van der Waals surface area (Å²) in [5.41, 5.74) is 6.85. The molecule has 1 aromatic heterocycles. The van der Waals surface area contributed by atoms with E-state index < -0.39 is 0 Å². The normalized spacial score (nSPS) is 15.3. The molecule has 14 heavy (non-hydrogen) atoms. The van der Waals surface area contributed by atoms with Gasteiger partial charge in [-0.15, -0.1) is 24.8 Å². The molecule has 7 heteroatoms. The number of anilines is 1. The van der Waals surface area contributed by atoms with Crippen molar-refractivity contribution >= 4 is 46.6 Å². The van der Waals surface area contributed by atoms with Crippen LogP contribution in [0.25, 0.3) is 0 Å². The molecule has 0 atom stereocenters. The molecular formula is C7H13BrCl2N4. The second-order valence-electron chi connectivity index (χ2n) is 3.11. The molecule has 1 aromatic rings. The molecule has 4 nitrogen and oxygen atoms in total. The first kappa shape index (κ1) is 14.0. The van der Waals surface area contributed by atoms with Crippen molar-refractivity contribution in [1.29, 1.82) is 0 Å². The van der Waals surface area contributed by atoms with Crippen molar-refractivity contribution in [3.63, 3.8) is 0 Å². The number of rotatable bonds is 0. The van der Waals surface area contributed by atoms with Crippen LogP contribution in [0, 0.1) is 0 Å². The Bertz CT molecular complexity index is 315. The van der Waals surface area contributed by atoms with E-state index >= 15 is 0 Å². The maximum atomic E-state index is 5.67. The van der Waals surface area contributed by atoms with Gasteiger partial charge in [-0.1, -0.05) is 0 Å². The summed E-state index contributed by atoms with van der Waals surface area (Å²) in [6, 6.07) is 0. The van der Waals surface area contributed by atoms with Crippen LogP contribution in [0.5, 0.6) is 0 Å². The van der Waals surface area contributed by atoms with Crippen LogP contribution >= 0.6 is 40.7 Å². The average Bonchev–Trinajstić information content (AvgIpc) is 2.31. The lowest BCUT2D eigenvalue weighted by atomic mass is 10.3. The molecule has 2 N–H and O–H groups in total. The van der Waals surface area contributed by atoms with Crippen LogP contribution in [0.3, 0.4) is 0 Å². The molecule has 0 aromatic carbocycles. The van der Waals surface area contributed by atoms with Crippen molar-refractivity contribution in [1.82, 2.24) is 14.7 Å². The lowest BCUT2D eigenvalue weighted by Gasteiger charge is -2.23. The van der Waals surface area contributed by atoms with Crippen LogP contribution in [-0.2, 0) is 13.1 Å². The van der Waals surface area contributed by atoms with Crippen LogP contribution in [0.15, 0.2) is 4.47 Å². The summed E-state index contributed by atoms with van der Waals surface area (Å²) >= 11 is 3.43. The number of hydrogen-bond donors (Lipinski definition) is 1. The summed E-state index contributed by atoms with van der Waals surface area (Å²) in [6.45, 7) is 2.90. The minimum absolute atomic E-state index is 0. The molecular weight excluding hydrogens is 291 g/mol. The maximum Gasteiger partial charge on any atom is 0.160 e.